The number of nitrogens with zero attached hydrogens (tertiary/aromatic N) is 1. The highest BCUT2D eigenvalue weighted by Crippen LogP contribution is 2.49. The molecule has 27 heavy (non-hydrogen) atoms. The molecule has 0 saturated carbocycles. The SMILES string of the molecule is Oc1ccc2c(c1)C1(c3ccccc3)CCN(CCc3cccs3)C(C2)C1. The maximum atomic E-state index is 10.2. The zero-order valence-electron chi connectivity index (χ0n) is 15.5. The van der Waals surface area contributed by atoms with Gasteiger partial charge in [-0.2, -0.15) is 0 Å². The molecule has 1 aliphatic heterocycles. The van der Waals surface area contributed by atoms with Crippen LogP contribution in [0.3, 0.4) is 0 Å². The Labute approximate surface area is 165 Å². The highest BCUT2D eigenvalue weighted by Gasteiger charge is 2.46. The number of aromatic hydroxyl groups is 1. The quantitative estimate of drug-likeness (QED) is 0.693. The van der Waals surface area contributed by atoms with Crippen LogP contribution in [-0.2, 0) is 18.3 Å². The molecule has 1 saturated heterocycles. The minimum Gasteiger partial charge on any atom is -0.508 e. The summed E-state index contributed by atoms with van der Waals surface area (Å²) >= 11 is 1.87. The van der Waals surface area contributed by atoms with Crippen LogP contribution in [0.1, 0.15) is 34.4 Å². The van der Waals surface area contributed by atoms with E-state index in [0.717, 1.165) is 38.8 Å². The predicted octanol–water partition coefficient (Wildman–Crippen LogP) is 5.00. The molecule has 2 nitrogen and oxygen atoms in total. The number of thiophene rings is 1. The summed E-state index contributed by atoms with van der Waals surface area (Å²) in [4.78, 5) is 4.19. The van der Waals surface area contributed by atoms with Crippen molar-refractivity contribution in [2.75, 3.05) is 13.1 Å². The van der Waals surface area contributed by atoms with E-state index in [-0.39, 0.29) is 5.41 Å². The Morgan fingerprint density at radius 3 is 2.78 bits per heavy atom. The van der Waals surface area contributed by atoms with Crippen LogP contribution in [0.2, 0.25) is 0 Å². The van der Waals surface area contributed by atoms with Crippen LogP contribution in [-0.4, -0.2) is 29.1 Å². The molecule has 2 bridgehead atoms. The molecule has 0 amide bonds. The van der Waals surface area contributed by atoms with Gasteiger partial charge in [0.25, 0.3) is 0 Å². The van der Waals surface area contributed by atoms with Gasteiger partial charge >= 0.3 is 0 Å². The summed E-state index contributed by atoms with van der Waals surface area (Å²) in [7, 11) is 0. The molecule has 1 N–H and O–H groups in total. The number of benzene rings is 2. The van der Waals surface area contributed by atoms with Crippen LogP contribution < -0.4 is 0 Å². The zero-order valence-corrected chi connectivity index (χ0v) is 16.3. The van der Waals surface area contributed by atoms with E-state index in [1.807, 2.05) is 23.5 Å². The van der Waals surface area contributed by atoms with E-state index in [1.54, 1.807) is 0 Å². The van der Waals surface area contributed by atoms with Crippen LogP contribution in [0.5, 0.6) is 5.75 Å². The summed E-state index contributed by atoms with van der Waals surface area (Å²) in [5.41, 5.74) is 4.20. The summed E-state index contributed by atoms with van der Waals surface area (Å²) in [6.07, 6.45) is 4.51. The molecule has 5 rings (SSSR count). The van der Waals surface area contributed by atoms with Gasteiger partial charge in [0.1, 0.15) is 5.75 Å². The second-order valence-electron chi connectivity index (χ2n) is 7.97. The fourth-order valence-corrected chi connectivity index (χ4v) is 5.91. The minimum atomic E-state index is 0.0394. The molecule has 1 aromatic heterocycles. The van der Waals surface area contributed by atoms with Gasteiger partial charge in [-0.05, 0) is 72.5 Å². The number of rotatable bonds is 4. The maximum Gasteiger partial charge on any atom is 0.115 e. The lowest BCUT2D eigenvalue weighted by atomic mass is 9.60. The van der Waals surface area contributed by atoms with Gasteiger partial charge in [0, 0.05) is 22.9 Å². The van der Waals surface area contributed by atoms with Crippen molar-refractivity contribution in [1.82, 2.24) is 4.90 Å². The highest BCUT2D eigenvalue weighted by atomic mass is 32.1. The smallest absolute Gasteiger partial charge is 0.115 e. The topological polar surface area (TPSA) is 23.5 Å². The largest absolute Gasteiger partial charge is 0.508 e. The molecule has 1 aliphatic carbocycles. The third kappa shape index (κ3) is 2.99. The molecule has 1 fully saturated rings. The first-order chi connectivity index (χ1) is 13.2. The molecule has 0 spiro atoms. The molecule has 2 aliphatic rings. The minimum absolute atomic E-state index is 0.0394. The number of phenolic OH excluding ortho intramolecular Hbond substituents is 1. The fraction of sp³-hybridized carbons (Fsp3) is 0.333. The van der Waals surface area contributed by atoms with Gasteiger partial charge in [-0.1, -0.05) is 42.5 Å². The Morgan fingerprint density at radius 2 is 1.96 bits per heavy atom. The van der Waals surface area contributed by atoms with E-state index in [2.05, 4.69) is 58.8 Å². The van der Waals surface area contributed by atoms with Crippen molar-refractivity contribution >= 4 is 11.3 Å². The Bertz CT molecular complexity index is 921. The van der Waals surface area contributed by atoms with E-state index < -0.39 is 0 Å². The standard InChI is InChI=1S/C24H25NOS/c26-21-9-8-18-15-20-17-24(23(18)16-21,19-5-2-1-3-6-19)11-13-25(20)12-10-22-7-4-14-27-22/h1-9,14,16,20,26H,10-13,15,17H2. The second-order valence-corrected chi connectivity index (χ2v) is 9.00. The third-order valence-corrected chi connectivity index (χ3v) is 7.48. The van der Waals surface area contributed by atoms with Gasteiger partial charge in [-0.15, -0.1) is 11.3 Å². The first-order valence-corrected chi connectivity index (χ1v) is 10.8. The Hall–Kier alpha value is -2.10. The van der Waals surface area contributed by atoms with Crippen molar-refractivity contribution in [2.45, 2.75) is 37.1 Å². The normalized spacial score (nSPS) is 24.5. The maximum absolute atomic E-state index is 10.2. The molecule has 2 unspecified atom stereocenters. The summed E-state index contributed by atoms with van der Waals surface area (Å²) < 4.78 is 0. The molecule has 3 aromatic rings. The highest BCUT2D eigenvalue weighted by molar-refractivity contribution is 7.09. The van der Waals surface area contributed by atoms with Gasteiger partial charge in [-0.25, -0.2) is 0 Å². The first kappa shape index (κ1) is 17.0. The average Bonchev–Trinajstić information content (AvgIpc) is 3.22. The summed E-state index contributed by atoms with van der Waals surface area (Å²) in [5.74, 6) is 0.391. The lowest BCUT2D eigenvalue weighted by Crippen LogP contribution is -2.54. The number of fused-ring (bicyclic) bond motifs is 4. The Morgan fingerprint density at radius 1 is 1.07 bits per heavy atom. The van der Waals surface area contributed by atoms with E-state index in [1.165, 1.54) is 21.6 Å². The Kier molecular flexibility index (Phi) is 4.30. The molecule has 3 heteroatoms. The molecule has 0 radical (unpaired) electrons. The van der Waals surface area contributed by atoms with Crippen molar-refractivity contribution in [2.24, 2.45) is 0 Å². The van der Waals surface area contributed by atoms with E-state index in [0.29, 0.717) is 11.8 Å². The molecular weight excluding hydrogens is 350 g/mol. The van der Waals surface area contributed by atoms with Crippen molar-refractivity contribution < 1.29 is 5.11 Å². The van der Waals surface area contributed by atoms with E-state index in [9.17, 15) is 5.11 Å². The van der Waals surface area contributed by atoms with Crippen molar-refractivity contribution in [3.05, 3.63) is 87.6 Å². The summed E-state index contributed by atoms with van der Waals surface area (Å²) in [6, 6.07) is 22.0. The van der Waals surface area contributed by atoms with E-state index in [4.69, 9.17) is 0 Å². The van der Waals surface area contributed by atoms with Crippen LogP contribution in [0.4, 0.5) is 0 Å². The third-order valence-electron chi connectivity index (χ3n) is 6.54. The van der Waals surface area contributed by atoms with Gasteiger partial charge < -0.3 is 5.11 Å². The number of hydrogen-bond donors (Lipinski definition) is 1. The lowest BCUT2D eigenvalue weighted by molar-refractivity contribution is 0.0972. The number of likely N-dealkylation sites (tertiary alicyclic amines) is 1. The molecular formula is C24H25NOS. The first-order valence-electron chi connectivity index (χ1n) is 9.89. The van der Waals surface area contributed by atoms with Crippen LogP contribution in [0, 0.1) is 0 Å². The monoisotopic (exact) mass is 375 g/mol. The second kappa shape index (κ2) is 6.81. The summed E-state index contributed by atoms with van der Waals surface area (Å²) in [6.45, 7) is 2.27. The lowest BCUT2D eigenvalue weighted by Gasteiger charge is -2.52. The van der Waals surface area contributed by atoms with Crippen LogP contribution in [0.15, 0.2) is 66.0 Å². The van der Waals surface area contributed by atoms with Crippen molar-refractivity contribution in [3.8, 4) is 5.75 Å². The van der Waals surface area contributed by atoms with Gasteiger partial charge in [0.05, 0.1) is 0 Å². The van der Waals surface area contributed by atoms with Crippen LogP contribution in [0.25, 0.3) is 0 Å². The summed E-state index contributed by atoms with van der Waals surface area (Å²) in [5, 5.41) is 12.4. The van der Waals surface area contributed by atoms with Gasteiger partial charge in [0.2, 0.25) is 0 Å². The molecule has 2 atom stereocenters. The van der Waals surface area contributed by atoms with Crippen LogP contribution >= 0.6 is 11.3 Å². The number of hydrogen-bond acceptors (Lipinski definition) is 3. The molecule has 138 valence electrons. The Balaban J connectivity index is 1.50. The van der Waals surface area contributed by atoms with E-state index >= 15 is 0 Å². The molecule has 2 heterocycles. The number of piperidine rings is 1. The fourth-order valence-electron chi connectivity index (χ4n) is 5.22. The van der Waals surface area contributed by atoms with Crippen molar-refractivity contribution in [1.29, 1.82) is 0 Å². The molecule has 2 aromatic carbocycles. The van der Waals surface area contributed by atoms with Gasteiger partial charge in [0.15, 0.2) is 0 Å². The van der Waals surface area contributed by atoms with Crippen molar-refractivity contribution in [3.63, 3.8) is 0 Å². The average molecular weight is 376 g/mol. The zero-order chi connectivity index (χ0) is 18.3. The van der Waals surface area contributed by atoms with Gasteiger partial charge in [-0.3, -0.25) is 4.90 Å². The number of phenols is 1. The predicted molar refractivity (Wildman–Crippen MR) is 112 cm³/mol.